The Morgan fingerprint density at radius 3 is 3.06 bits per heavy atom. The van der Waals surface area contributed by atoms with Crippen LogP contribution in [0, 0.1) is 0 Å². The van der Waals surface area contributed by atoms with E-state index in [0.29, 0.717) is 0 Å². The molecule has 0 fully saturated rings. The lowest BCUT2D eigenvalue weighted by Gasteiger charge is -2.05. The van der Waals surface area contributed by atoms with Gasteiger partial charge in [0.2, 0.25) is 0 Å². The zero-order valence-electron chi connectivity index (χ0n) is 9.11. The minimum atomic E-state index is 0.862. The molecule has 0 bridgehead atoms. The van der Waals surface area contributed by atoms with Crippen LogP contribution in [-0.4, -0.2) is 9.78 Å². The third-order valence-corrected chi connectivity index (χ3v) is 3.91. The number of rotatable bonds is 5. The van der Waals surface area contributed by atoms with Crippen molar-refractivity contribution in [3.05, 3.63) is 38.8 Å². The molecule has 0 atom stereocenters. The van der Waals surface area contributed by atoms with E-state index < -0.39 is 0 Å². The minimum Gasteiger partial charge on any atom is -0.307 e. The highest BCUT2D eigenvalue weighted by Crippen LogP contribution is 2.20. The average molecular weight is 300 g/mol. The number of nitrogens with zero attached hydrogens (tertiary/aromatic N) is 2. The Kier molecular flexibility index (Phi) is 4.15. The molecule has 5 heteroatoms. The van der Waals surface area contributed by atoms with Crippen molar-refractivity contribution in [1.29, 1.82) is 0 Å². The normalized spacial score (nSPS) is 10.9. The molecule has 0 aliphatic rings. The lowest BCUT2D eigenvalue weighted by molar-refractivity contribution is 0.582. The van der Waals surface area contributed by atoms with Crippen molar-refractivity contribution in [2.75, 3.05) is 0 Å². The summed E-state index contributed by atoms with van der Waals surface area (Å²) >= 11 is 5.18. The van der Waals surface area contributed by atoms with Crippen LogP contribution < -0.4 is 5.32 Å². The summed E-state index contributed by atoms with van der Waals surface area (Å²) in [6, 6.07) is 4.20. The summed E-state index contributed by atoms with van der Waals surface area (Å²) in [5.74, 6) is 0. The quantitative estimate of drug-likeness (QED) is 0.920. The molecule has 0 amide bonds. The minimum absolute atomic E-state index is 0.862. The van der Waals surface area contributed by atoms with Crippen molar-refractivity contribution in [3.63, 3.8) is 0 Å². The second-order valence-corrected chi connectivity index (χ2v) is 5.79. The SMILES string of the molecule is CCn1nccc1CNCc1csc(Br)c1. The summed E-state index contributed by atoms with van der Waals surface area (Å²) in [4.78, 5) is 0. The van der Waals surface area contributed by atoms with E-state index in [1.165, 1.54) is 15.0 Å². The van der Waals surface area contributed by atoms with E-state index in [4.69, 9.17) is 0 Å². The summed E-state index contributed by atoms with van der Waals surface area (Å²) in [7, 11) is 0. The highest BCUT2D eigenvalue weighted by molar-refractivity contribution is 9.11. The van der Waals surface area contributed by atoms with E-state index in [1.807, 2.05) is 10.9 Å². The Hall–Kier alpha value is -0.650. The Bertz CT molecular complexity index is 450. The maximum Gasteiger partial charge on any atom is 0.0701 e. The Balaban J connectivity index is 1.84. The van der Waals surface area contributed by atoms with Crippen LogP contribution in [0.15, 0.2) is 27.5 Å². The van der Waals surface area contributed by atoms with Gasteiger partial charge in [0.05, 0.1) is 9.48 Å². The molecule has 2 aromatic heterocycles. The van der Waals surface area contributed by atoms with Crippen molar-refractivity contribution < 1.29 is 0 Å². The van der Waals surface area contributed by atoms with Gasteiger partial charge in [-0.1, -0.05) is 0 Å². The molecule has 0 spiro atoms. The molecule has 0 saturated heterocycles. The predicted octanol–water partition coefficient (Wildman–Crippen LogP) is 3.02. The molecular formula is C11H14BrN3S. The molecule has 2 heterocycles. The Labute approximate surface area is 108 Å². The summed E-state index contributed by atoms with van der Waals surface area (Å²) in [5.41, 5.74) is 2.55. The second-order valence-electron chi connectivity index (χ2n) is 3.50. The topological polar surface area (TPSA) is 29.9 Å². The molecular weight excluding hydrogens is 286 g/mol. The van der Waals surface area contributed by atoms with Gasteiger partial charge in [-0.3, -0.25) is 4.68 Å². The Morgan fingerprint density at radius 1 is 1.50 bits per heavy atom. The van der Waals surface area contributed by atoms with E-state index in [2.05, 4.69) is 50.8 Å². The van der Waals surface area contributed by atoms with Crippen molar-refractivity contribution >= 4 is 27.3 Å². The zero-order chi connectivity index (χ0) is 11.4. The lowest BCUT2D eigenvalue weighted by atomic mass is 10.3. The fraction of sp³-hybridized carbons (Fsp3) is 0.364. The standard InChI is InChI=1S/C11H14BrN3S/c1-2-15-10(3-4-14-15)7-13-6-9-5-11(12)16-8-9/h3-5,8,13H,2,6-7H2,1H3. The van der Waals surface area contributed by atoms with E-state index >= 15 is 0 Å². The van der Waals surface area contributed by atoms with E-state index in [1.54, 1.807) is 11.3 Å². The first-order valence-electron chi connectivity index (χ1n) is 5.24. The van der Waals surface area contributed by atoms with Gasteiger partial charge in [0.1, 0.15) is 0 Å². The molecule has 2 rings (SSSR count). The van der Waals surface area contributed by atoms with Gasteiger partial charge < -0.3 is 5.32 Å². The van der Waals surface area contributed by atoms with Gasteiger partial charge in [-0.2, -0.15) is 5.10 Å². The molecule has 0 aliphatic carbocycles. The molecule has 1 N–H and O–H groups in total. The van der Waals surface area contributed by atoms with Crippen LogP contribution in [0.25, 0.3) is 0 Å². The molecule has 86 valence electrons. The lowest BCUT2D eigenvalue weighted by Crippen LogP contribution is -2.15. The van der Waals surface area contributed by atoms with Gasteiger partial charge in [-0.15, -0.1) is 11.3 Å². The first-order chi connectivity index (χ1) is 7.79. The molecule has 0 unspecified atom stereocenters. The maximum atomic E-state index is 4.24. The number of nitrogens with one attached hydrogen (secondary N) is 1. The highest BCUT2D eigenvalue weighted by Gasteiger charge is 2.01. The predicted molar refractivity (Wildman–Crippen MR) is 70.5 cm³/mol. The zero-order valence-corrected chi connectivity index (χ0v) is 11.5. The first kappa shape index (κ1) is 11.8. The summed E-state index contributed by atoms with van der Waals surface area (Å²) in [6.07, 6.45) is 1.85. The van der Waals surface area contributed by atoms with Gasteiger partial charge in [0.25, 0.3) is 0 Å². The molecule has 0 aliphatic heterocycles. The molecule has 0 radical (unpaired) electrons. The maximum absolute atomic E-state index is 4.24. The third-order valence-electron chi connectivity index (χ3n) is 2.36. The molecule has 0 aromatic carbocycles. The second kappa shape index (κ2) is 5.61. The number of hydrogen-bond acceptors (Lipinski definition) is 3. The van der Waals surface area contributed by atoms with Gasteiger partial charge in [0.15, 0.2) is 0 Å². The largest absolute Gasteiger partial charge is 0.307 e. The van der Waals surface area contributed by atoms with Crippen LogP contribution >= 0.6 is 27.3 Å². The van der Waals surface area contributed by atoms with Crippen LogP contribution in [0.3, 0.4) is 0 Å². The van der Waals surface area contributed by atoms with Crippen molar-refractivity contribution in [3.8, 4) is 0 Å². The van der Waals surface area contributed by atoms with Gasteiger partial charge in [0, 0.05) is 25.8 Å². The average Bonchev–Trinajstić information content (AvgIpc) is 2.87. The van der Waals surface area contributed by atoms with Crippen molar-refractivity contribution in [2.24, 2.45) is 0 Å². The van der Waals surface area contributed by atoms with Crippen LogP contribution in [0.1, 0.15) is 18.2 Å². The molecule has 3 nitrogen and oxygen atoms in total. The van der Waals surface area contributed by atoms with Crippen LogP contribution in [0.4, 0.5) is 0 Å². The molecule has 0 saturated carbocycles. The smallest absolute Gasteiger partial charge is 0.0701 e. The summed E-state index contributed by atoms with van der Waals surface area (Å²) in [6.45, 7) is 4.79. The van der Waals surface area contributed by atoms with Crippen LogP contribution in [-0.2, 0) is 19.6 Å². The summed E-state index contributed by atoms with van der Waals surface area (Å²) < 4.78 is 3.19. The number of thiophene rings is 1. The number of halogens is 1. The molecule has 16 heavy (non-hydrogen) atoms. The van der Waals surface area contributed by atoms with E-state index in [-0.39, 0.29) is 0 Å². The number of aromatic nitrogens is 2. The van der Waals surface area contributed by atoms with Gasteiger partial charge in [-0.05, 0) is 45.9 Å². The van der Waals surface area contributed by atoms with Gasteiger partial charge >= 0.3 is 0 Å². The van der Waals surface area contributed by atoms with Crippen LogP contribution in [0.2, 0.25) is 0 Å². The summed E-state index contributed by atoms with van der Waals surface area (Å²) in [5, 5.41) is 9.81. The highest BCUT2D eigenvalue weighted by atomic mass is 79.9. The van der Waals surface area contributed by atoms with E-state index in [0.717, 1.165) is 19.6 Å². The third kappa shape index (κ3) is 2.93. The molecule has 2 aromatic rings. The van der Waals surface area contributed by atoms with Gasteiger partial charge in [-0.25, -0.2) is 0 Å². The van der Waals surface area contributed by atoms with Crippen LogP contribution in [0.5, 0.6) is 0 Å². The monoisotopic (exact) mass is 299 g/mol. The van der Waals surface area contributed by atoms with Crippen molar-refractivity contribution in [1.82, 2.24) is 15.1 Å². The fourth-order valence-electron chi connectivity index (χ4n) is 1.57. The van der Waals surface area contributed by atoms with E-state index in [9.17, 15) is 0 Å². The fourth-order valence-corrected chi connectivity index (χ4v) is 2.78. The first-order valence-corrected chi connectivity index (χ1v) is 6.91. The Morgan fingerprint density at radius 2 is 2.38 bits per heavy atom. The number of aryl methyl sites for hydroxylation is 1. The van der Waals surface area contributed by atoms with Crippen molar-refractivity contribution in [2.45, 2.75) is 26.6 Å². The number of hydrogen-bond donors (Lipinski definition) is 1.